The van der Waals surface area contributed by atoms with Crippen molar-refractivity contribution in [2.45, 2.75) is 12.8 Å². The average molecular weight is 285 g/mol. The van der Waals surface area contributed by atoms with Crippen LogP contribution in [-0.2, 0) is 14.6 Å². The van der Waals surface area contributed by atoms with E-state index in [-0.39, 0.29) is 36.5 Å². The normalized spacial score (nSPS) is 20.5. The van der Waals surface area contributed by atoms with Crippen LogP contribution in [-0.4, -0.2) is 57.9 Å². The number of sulfone groups is 1. The molecule has 17 heavy (non-hydrogen) atoms. The topological polar surface area (TPSA) is 66.5 Å². The van der Waals surface area contributed by atoms with Crippen LogP contribution in [0.5, 0.6) is 0 Å². The lowest BCUT2D eigenvalue weighted by molar-refractivity contribution is -0.134. The predicted octanol–water partition coefficient (Wildman–Crippen LogP) is -0.0892. The fourth-order valence-corrected chi connectivity index (χ4v) is 2.39. The Morgan fingerprint density at radius 2 is 2.12 bits per heavy atom. The molecule has 1 atom stereocenters. The molecule has 0 aromatic rings. The lowest BCUT2D eigenvalue weighted by Crippen LogP contribution is -2.42. The number of carbonyl (C=O) groups excluding carboxylic acids is 1. The first-order chi connectivity index (χ1) is 7.40. The number of rotatable bonds is 4. The van der Waals surface area contributed by atoms with Crippen molar-refractivity contribution < 1.29 is 13.2 Å². The zero-order chi connectivity index (χ0) is 12.2. The van der Waals surface area contributed by atoms with Gasteiger partial charge in [0, 0.05) is 26.4 Å². The zero-order valence-electron chi connectivity index (χ0n) is 10.3. The second-order valence-corrected chi connectivity index (χ2v) is 6.69. The van der Waals surface area contributed by atoms with Crippen molar-refractivity contribution in [1.82, 2.24) is 10.2 Å². The summed E-state index contributed by atoms with van der Waals surface area (Å²) >= 11 is 0. The van der Waals surface area contributed by atoms with Crippen LogP contribution in [0.3, 0.4) is 0 Å². The minimum Gasteiger partial charge on any atom is -0.344 e. The molecule has 1 amide bonds. The Kier molecular flexibility index (Phi) is 7.04. The molecule has 1 N–H and O–H groups in total. The summed E-state index contributed by atoms with van der Waals surface area (Å²) in [6.45, 7) is 1.97. The number of nitrogens with zero attached hydrogens (tertiary/aromatic N) is 1. The van der Waals surface area contributed by atoms with E-state index in [0.717, 1.165) is 19.4 Å². The van der Waals surface area contributed by atoms with E-state index in [1.54, 1.807) is 7.05 Å². The standard InChI is InChI=1S/C10H20N2O3S.ClH/c1-12(6-7-16(2,14)15)10(13)9-4-3-5-11-8-9;/h9,11H,3-8H2,1-2H3;1H. The van der Waals surface area contributed by atoms with Gasteiger partial charge in [-0.25, -0.2) is 8.42 Å². The molecule has 0 radical (unpaired) electrons. The average Bonchev–Trinajstić information content (AvgIpc) is 2.25. The number of piperidine rings is 1. The summed E-state index contributed by atoms with van der Waals surface area (Å²) in [6.07, 6.45) is 3.10. The summed E-state index contributed by atoms with van der Waals surface area (Å²) in [5.41, 5.74) is 0. The van der Waals surface area contributed by atoms with Crippen LogP contribution in [0, 0.1) is 5.92 Å². The van der Waals surface area contributed by atoms with Gasteiger partial charge >= 0.3 is 0 Å². The molecule has 1 aliphatic heterocycles. The second-order valence-electron chi connectivity index (χ2n) is 4.43. The maximum absolute atomic E-state index is 11.9. The van der Waals surface area contributed by atoms with Crippen molar-refractivity contribution in [2.75, 3.05) is 38.7 Å². The van der Waals surface area contributed by atoms with E-state index in [1.165, 1.54) is 11.2 Å². The van der Waals surface area contributed by atoms with Gasteiger partial charge in [-0.15, -0.1) is 12.4 Å². The van der Waals surface area contributed by atoms with Crippen LogP contribution in [0.1, 0.15) is 12.8 Å². The zero-order valence-corrected chi connectivity index (χ0v) is 11.9. The highest BCUT2D eigenvalue weighted by Crippen LogP contribution is 2.12. The summed E-state index contributed by atoms with van der Waals surface area (Å²) in [5.74, 6) is 0.101. The van der Waals surface area contributed by atoms with Gasteiger partial charge in [0.2, 0.25) is 5.91 Å². The van der Waals surface area contributed by atoms with Gasteiger partial charge in [-0.05, 0) is 19.4 Å². The van der Waals surface area contributed by atoms with Crippen molar-refractivity contribution in [3.05, 3.63) is 0 Å². The molecule has 1 rings (SSSR count). The van der Waals surface area contributed by atoms with Gasteiger partial charge < -0.3 is 10.2 Å². The third-order valence-electron chi connectivity index (χ3n) is 2.82. The van der Waals surface area contributed by atoms with Crippen LogP contribution in [0.25, 0.3) is 0 Å². The Hall–Kier alpha value is -0.330. The van der Waals surface area contributed by atoms with Crippen LogP contribution >= 0.6 is 12.4 Å². The summed E-state index contributed by atoms with van der Waals surface area (Å²) in [5, 5.41) is 3.18. The van der Waals surface area contributed by atoms with Crippen molar-refractivity contribution in [1.29, 1.82) is 0 Å². The number of hydrogen-bond acceptors (Lipinski definition) is 4. The van der Waals surface area contributed by atoms with Crippen molar-refractivity contribution in [3.8, 4) is 0 Å². The number of amides is 1. The molecule has 1 unspecified atom stereocenters. The summed E-state index contributed by atoms with van der Waals surface area (Å²) in [6, 6.07) is 0. The lowest BCUT2D eigenvalue weighted by atomic mass is 9.98. The summed E-state index contributed by atoms with van der Waals surface area (Å²) in [7, 11) is -1.32. The number of halogens is 1. The van der Waals surface area contributed by atoms with E-state index in [1.807, 2.05) is 0 Å². The minimum atomic E-state index is -2.99. The first kappa shape index (κ1) is 16.7. The molecule has 1 aliphatic rings. The molecular weight excluding hydrogens is 264 g/mol. The first-order valence-electron chi connectivity index (χ1n) is 5.53. The van der Waals surface area contributed by atoms with Gasteiger partial charge in [-0.3, -0.25) is 4.79 Å². The molecule has 0 saturated carbocycles. The highest BCUT2D eigenvalue weighted by atomic mass is 35.5. The molecule has 1 saturated heterocycles. The summed E-state index contributed by atoms with van der Waals surface area (Å²) < 4.78 is 22.0. The van der Waals surface area contributed by atoms with E-state index in [0.29, 0.717) is 6.54 Å². The van der Waals surface area contributed by atoms with Gasteiger partial charge in [0.15, 0.2) is 0 Å². The van der Waals surface area contributed by atoms with E-state index >= 15 is 0 Å². The molecule has 0 aliphatic carbocycles. The van der Waals surface area contributed by atoms with Crippen LogP contribution in [0.15, 0.2) is 0 Å². The molecule has 1 heterocycles. The van der Waals surface area contributed by atoms with Gasteiger partial charge in [-0.2, -0.15) is 0 Å². The fraction of sp³-hybridized carbons (Fsp3) is 0.900. The maximum Gasteiger partial charge on any atom is 0.226 e. The molecule has 102 valence electrons. The van der Waals surface area contributed by atoms with E-state index in [2.05, 4.69) is 5.32 Å². The second kappa shape index (κ2) is 7.18. The quantitative estimate of drug-likeness (QED) is 0.784. The highest BCUT2D eigenvalue weighted by molar-refractivity contribution is 7.90. The van der Waals surface area contributed by atoms with E-state index in [9.17, 15) is 13.2 Å². The minimum absolute atomic E-state index is 0. The molecule has 0 aromatic heterocycles. The number of hydrogen-bond donors (Lipinski definition) is 1. The molecule has 5 nitrogen and oxygen atoms in total. The van der Waals surface area contributed by atoms with Crippen LogP contribution in [0.4, 0.5) is 0 Å². The third-order valence-corrected chi connectivity index (χ3v) is 3.74. The van der Waals surface area contributed by atoms with Gasteiger partial charge in [0.1, 0.15) is 9.84 Å². The predicted molar refractivity (Wildman–Crippen MR) is 70.2 cm³/mol. The molecule has 0 aromatic carbocycles. The smallest absolute Gasteiger partial charge is 0.226 e. The van der Waals surface area contributed by atoms with Crippen molar-refractivity contribution >= 4 is 28.2 Å². The van der Waals surface area contributed by atoms with Gasteiger partial charge in [-0.1, -0.05) is 0 Å². The Labute approximate surface area is 109 Å². The van der Waals surface area contributed by atoms with Crippen LogP contribution in [0.2, 0.25) is 0 Å². The Morgan fingerprint density at radius 3 is 2.59 bits per heavy atom. The van der Waals surface area contributed by atoms with Crippen LogP contribution < -0.4 is 5.32 Å². The van der Waals surface area contributed by atoms with E-state index < -0.39 is 9.84 Å². The summed E-state index contributed by atoms with van der Waals surface area (Å²) in [4.78, 5) is 13.4. The molecule has 7 heteroatoms. The lowest BCUT2D eigenvalue weighted by Gasteiger charge is -2.26. The van der Waals surface area contributed by atoms with Crippen molar-refractivity contribution in [2.24, 2.45) is 5.92 Å². The molecular formula is C10H21ClN2O3S. The molecule has 0 bridgehead atoms. The Balaban J connectivity index is 0.00000256. The Morgan fingerprint density at radius 1 is 1.47 bits per heavy atom. The maximum atomic E-state index is 11.9. The third kappa shape index (κ3) is 6.24. The number of nitrogens with one attached hydrogen (secondary N) is 1. The molecule has 1 fully saturated rings. The largest absolute Gasteiger partial charge is 0.344 e. The fourth-order valence-electron chi connectivity index (χ4n) is 1.79. The molecule has 0 spiro atoms. The van der Waals surface area contributed by atoms with Crippen molar-refractivity contribution in [3.63, 3.8) is 0 Å². The Bertz CT molecular complexity index is 339. The van der Waals surface area contributed by atoms with Gasteiger partial charge in [0.05, 0.1) is 11.7 Å². The van der Waals surface area contributed by atoms with Gasteiger partial charge in [0.25, 0.3) is 0 Å². The van der Waals surface area contributed by atoms with E-state index in [4.69, 9.17) is 0 Å². The monoisotopic (exact) mass is 284 g/mol. The highest BCUT2D eigenvalue weighted by Gasteiger charge is 2.24. The first-order valence-corrected chi connectivity index (χ1v) is 7.59. The SMILES string of the molecule is CN(CCS(C)(=O)=O)C(=O)C1CCCNC1.Cl. The number of carbonyl (C=O) groups is 1.